The SMILES string of the molecule is NCC1(C(=O)N[C@H]2c3ccccc3C[C@H]2O)CCOCC1. The molecule has 1 aliphatic heterocycles. The van der Waals surface area contributed by atoms with Crippen molar-refractivity contribution in [3.63, 3.8) is 0 Å². The van der Waals surface area contributed by atoms with E-state index in [1.165, 1.54) is 0 Å². The predicted octanol–water partition coefficient (Wildman–Crippen LogP) is 0.516. The van der Waals surface area contributed by atoms with Crippen LogP contribution in [0.4, 0.5) is 0 Å². The van der Waals surface area contributed by atoms with E-state index in [9.17, 15) is 9.90 Å². The van der Waals surface area contributed by atoms with Crippen LogP contribution in [-0.4, -0.2) is 36.9 Å². The summed E-state index contributed by atoms with van der Waals surface area (Å²) in [5.74, 6) is -0.0611. The highest BCUT2D eigenvalue weighted by molar-refractivity contribution is 5.83. The van der Waals surface area contributed by atoms with Crippen LogP contribution in [0.3, 0.4) is 0 Å². The number of aliphatic hydroxyl groups excluding tert-OH is 1. The summed E-state index contributed by atoms with van der Waals surface area (Å²) in [4.78, 5) is 12.7. The lowest BCUT2D eigenvalue weighted by atomic mass is 9.79. The number of amides is 1. The lowest BCUT2D eigenvalue weighted by Gasteiger charge is -2.36. The average molecular weight is 290 g/mol. The molecule has 0 radical (unpaired) electrons. The molecule has 0 saturated carbocycles. The first-order valence-corrected chi connectivity index (χ1v) is 7.51. The fourth-order valence-corrected chi connectivity index (χ4v) is 3.33. The molecule has 5 nitrogen and oxygen atoms in total. The molecule has 5 heteroatoms. The third-order valence-electron chi connectivity index (χ3n) is 4.81. The molecule has 0 unspecified atom stereocenters. The summed E-state index contributed by atoms with van der Waals surface area (Å²) in [6.07, 6.45) is 1.29. The smallest absolute Gasteiger partial charge is 0.228 e. The van der Waals surface area contributed by atoms with Gasteiger partial charge in [0.15, 0.2) is 0 Å². The van der Waals surface area contributed by atoms with Crippen LogP contribution in [0.2, 0.25) is 0 Å². The Morgan fingerprint density at radius 1 is 1.38 bits per heavy atom. The van der Waals surface area contributed by atoms with Crippen LogP contribution < -0.4 is 11.1 Å². The van der Waals surface area contributed by atoms with E-state index in [4.69, 9.17) is 10.5 Å². The van der Waals surface area contributed by atoms with E-state index >= 15 is 0 Å². The number of carbonyl (C=O) groups is 1. The molecule has 1 aliphatic carbocycles. The van der Waals surface area contributed by atoms with Crippen LogP contribution in [0.25, 0.3) is 0 Å². The van der Waals surface area contributed by atoms with Gasteiger partial charge in [0.1, 0.15) is 0 Å². The number of hydrogen-bond donors (Lipinski definition) is 3. The molecule has 114 valence electrons. The molecule has 1 aromatic carbocycles. The number of fused-ring (bicyclic) bond motifs is 1. The maximum Gasteiger partial charge on any atom is 0.228 e. The minimum Gasteiger partial charge on any atom is -0.390 e. The fourth-order valence-electron chi connectivity index (χ4n) is 3.33. The van der Waals surface area contributed by atoms with Crippen molar-refractivity contribution in [3.05, 3.63) is 35.4 Å². The number of carbonyl (C=O) groups excluding carboxylic acids is 1. The molecular formula is C16H22N2O3. The number of rotatable bonds is 3. The third-order valence-corrected chi connectivity index (χ3v) is 4.81. The van der Waals surface area contributed by atoms with Gasteiger partial charge in [0.2, 0.25) is 5.91 Å². The predicted molar refractivity (Wildman–Crippen MR) is 78.6 cm³/mol. The summed E-state index contributed by atoms with van der Waals surface area (Å²) < 4.78 is 5.34. The van der Waals surface area contributed by atoms with Crippen LogP contribution in [0.5, 0.6) is 0 Å². The lowest BCUT2D eigenvalue weighted by molar-refractivity contribution is -0.137. The Labute approximate surface area is 124 Å². The van der Waals surface area contributed by atoms with E-state index in [0.29, 0.717) is 39.0 Å². The van der Waals surface area contributed by atoms with Crippen molar-refractivity contribution >= 4 is 5.91 Å². The molecule has 1 aromatic rings. The largest absolute Gasteiger partial charge is 0.390 e. The summed E-state index contributed by atoms with van der Waals surface area (Å²) in [6, 6.07) is 7.52. The summed E-state index contributed by atoms with van der Waals surface area (Å²) in [5.41, 5.74) is 7.42. The second-order valence-electron chi connectivity index (χ2n) is 6.02. The highest BCUT2D eigenvalue weighted by Crippen LogP contribution is 2.34. The fraction of sp³-hybridized carbons (Fsp3) is 0.562. The molecule has 0 spiro atoms. The number of aliphatic hydroxyl groups is 1. The Balaban J connectivity index is 1.78. The van der Waals surface area contributed by atoms with Gasteiger partial charge >= 0.3 is 0 Å². The van der Waals surface area contributed by atoms with Crippen molar-refractivity contribution in [2.45, 2.75) is 31.4 Å². The van der Waals surface area contributed by atoms with Crippen molar-refractivity contribution in [1.29, 1.82) is 0 Å². The van der Waals surface area contributed by atoms with Gasteiger partial charge in [-0.15, -0.1) is 0 Å². The molecule has 2 atom stereocenters. The second-order valence-corrected chi connectivity index (χ2v) is 6.02. The van der Waals surface area contributed by atoms with Gasteiger partial charge in [0, 0.05) is 26.2 Å². The van der Waals surface area contributed by atoms with Crippen molar-refractivity contribution in [3.8, 4) is 0 Å². The lowest BCUT2D eigenvalue weighted by Crippen LogP contribution is -2.51. The van der Waals surface area contributed by atoms with E-state index in [1.54, 1.807) is 0 Å². The maximum atomic E-state index is 12.7. The highest BCUT2D eigenvalue weighted by atomic mass is 16.5. The van der Waals surface area contributed by atoms with Gasteiger partial charge in [-0.2, -0.15) is 0 Å². The zero-order chi connectivity index (χ0) is 14.9. The molecule has 1 heterocycles. The quantitative estimate of drug-likeness (QED) is 0.757. The van der Waals surface area contributed by atoms with Gasteiger partial charge < -0.3 is 20.9 Å². The molecule has 1 fully saturated rings. The molecule has 1 amide bonds. The first-order chi connectivity index (χ1) is 10.2. The van der Waals surface area contributed by atoms with Crippen molar-refractivity contribution in [2.75, 3.05) is 19.8 Å². The van der Waals surface area contributed by atoms with Gasteiger partial charge in [-0.25, -0.2) is 0 Å². The second kappa shape index (κ2) is 5.75. The van der Waals surface area contributed by atoms with Crippen LogP contribution in [0.15, 0.2) is 24.3 Å². The Bertz CT molecular complexity index is 526. The first kappa shape index (κ1) is 14.5. The van der Waals surface area contributed by atoms with Crippen LogP contribution >= 0.6 is 0 Å². The van der Waals surface area contributed by atoms with E-state index in [0.717, 1.165) is 11.1 Å². The average Bonchev–Trinajstić information content (AvgIpc) is 2.84. The third kappa shape index (κ3) is 2.57. The van der Waals surface area contributed by atoms with Crippen LogP contribution in [0.1, 0.15) is 30.0 Å². The minimum absolute atomic E-state index is 0.0611. The number of benzene rings is 1. The van der Waals surface area contributed by atoms with E-state index < -0.39 is 11.5 Å². The topological polar surface area (TPSA) is 84.6 Å². The van der Waals surface area contributed by atoms with Crippen LogP contribution in [-0.2, 0) is 16.0 Å². The minimum atomic E-state index is -0.569. The number of hydrogen-bond acceptors (Lipinski definition) is 4. The molecule has 21 heavy (non-hydrogen) atoms. The van der Waals surface area contributed by atoms with Crippen molar-refractivity contribution in [1.82, 2.24) is 5.32 Å². The van der Waals surface area contributed by atoms with E-state index in [1.807, 2.05) is 24.3 Å². The Morgan fingerprint density at radius 3 is 2.81 bits per heavy atom. The van der Waals surface area contributed by atoms with Gasteiger partial charge in [-0.1, -0.05) is 24.3 Å². The Kier molecular flexibility index (Phi) is 3.97. The highest BCUT2D eigenvalue weighted by Gasteiger charge is 2.41. The zero-order valence-corrected chi connectivity index (χ0v) is 12.0. The molecule has 0 bridgehead atoms. The summed E-state index contributed by atoms with van der Waals surface area (Å²) in [7, 11) is 0. The summed E-state index contributed by atoms with van der Waals surface area (Å²) >= 11 is 0. The molecular weight excluding hydrogens is 268 g/mol. The van der Waals surface area contributed by atoms with Gasteiger partial charge in [0.05, 0.1) is 17.6 Å². The zero-order valence-electron chi connectivity index (χ0n) is 12.0. The summed E-state index contributed by atoms with van der Waals surface area (Å²) in [6.45, 7) is 1.44. The number of nitrogens with two attached hydrogens (primary N) is 1. The normalized spacial score (nSPS) is 27.1. The van der Waals surface area contributed by atoms with Crippen LogP contribution in [0, 0.1) is 5.41 Å². The van der Waals surface area contributed by atoms with Gasteiger partial charge in [-0.3, -0.25) is 4.79 Å². The number of nitrogens with one attached hydrogen (secondary N) is 1. The first-order valence-electron chi connectivity index (χ1n) is 7.51. The maximum absolute atomic E-state index is 12.7. The standard InChI is InChI=1S/C16H22N2O3/c17-10-16(5-7-21-8-6-16)15(20)18-14-12-4-2-1-3-11(12)9-13(14)19/h1-4,13-14,19H,5-10,17H2,(H,18,20)/t13-,14+/m1/s1. The monoisotopic (exact) mass is 290 g/mol. The Morgan fingerprint density at radius 2 is 2.10 bits per heavy atom. The Hall–Kier alpha value is -1.43. The molecule has 4 N–H and O–H groups in total. The molecule has 0 aromatic heterocycles. The number of ether oxygens (including phenoxy) is 1. The summed E-state index contributed by atoms with van der Waals surface area (Å²) in [5, 5.41) is 13.3. The van der Waals surface area contributed by atoms with Crippen molar-refractivity contribution < 1.29 is 14.6 Å². The van der Waals surface area contributed by atoms with E-state index in [2.05, 4.69) is 5.32 Å². The molecule has 1 saturated heterocycles. The molecule has 3 rings (SSSR count). The van der Waals surface area contributed by atoms with Gasteiger partial charge in [0.25, 0.3) is 0 Å². The van der Waals surface area contributed by atoms with Crippen molar-refractivity contribution in [2.24, 2.45) is 11.1 Å². The van der Waals surface area contributed by atoms with Gasteiger partial charge in [-0.05, 0) is 24.0 Å². The van der Waals surface area contributed by atoms with E-state index in [-0.39, 0.29) is 11.9 Å². The molecule has 2 aliphatic rings.